The summed E-state index contributed by atoms with van der Waals surface area (Å²) in [6.07, 6.45) is 0. The van der Waals surface area contributed by atoms with E-state index in [4.69, 9.17) is 19.2 Å². The number of benzene rings is 3. The van der Waals surface area contributed by atoms with Crippen LogP contribution in [0.25, 0.3) is 11.0 Å². The molecule has 0 aliphatic carbocycles. The summed E-state index contributed by atoms with van der Waals surface area (Å²) in [5.41, 5.74) is 4.42. The van der Waals surface area contributed by atoms with Crippen molar-refractivity contribution in [3.8, 4) is 17.2 Å². The van der Waals surface area contributed by atoms with Crippen molar-refractivity contribution in [1.82, 2.24) is 9.55 Å². The summed E-state index contributed by atoms with van der Waals surface area (Å²) in [6.45, 7) is 1.88. The Morgan fingerprint density at radius 1 is 0.943 bits per heavy atom. The van der Waals surface area contributed by atoms with Crippen LogP contribution < -0.4 is 24.8 Å². The Kier molecular flexibility index (Phi) is 5.78. The molecule has 0 saturated heterocycles. The number of allylic oxidation sites excluding steroid dienone is 1. The fourth-order valence-corrected chi connectivity index (χ4v) is 4.55. The molecule has 35 heavy (non-hydrogen) atoms. The number of fused-ring (bicyclic) bond motifs is 3. The molecule has 0 unspecified atom stereocenters. The minimum absolute atomic E-state index is 0.238. The summed E-state index contributed by atoms with van der Waals surface area (Å²) < 4.78 is 18.6. The molecule has 0 bridgehead atoms. The Balaban J connectivity index is 1.68. The molecule has 2 N–H and O–H groups in total. The van der Waals surface area contributed by atoms with Crippen molar-refractivity contribution < 1.29 is 19.0 Å². The average Bonchev–Trinajstić information content (AvgIpc) is 3.25. The molecule has 1 aliphatic heterocycles. The third-order valence-corrected chi connectivity index (χ3v) is 6.15. The number of methoxy groups -OCH3 is 3. The lowest BCUT2D eigenvalue weighted by atomic mass is 9.93. The van der Waals surface area contributed by atoms with Gasteiger partial charge in [-0.25, -0.2) is 4.98 Å². The first kappa shape index (κ1) is 22.3. The van der Waals surface area contributed by atoms with Crippen LogP contribution in [0.5, 0.6) is 17.2 Å². The highest BCUT2D eigenvalue weighted by Gasteiger charge is 2.36. The Labute approximate surface area is 203 Å². The monoisotopic (exact) mass is 470 g/mol. The summed E-state index contributed by atoms with van der Waals surface area (Å²) in [7, 11) is 4.80. The predicted octanol–water partition coefficient (Wildman–Crippen LogP) is 4.99. The molecule has 8 heteroatoms. The second-order valence-electron chi connectivity index (χ2n) is 8.13. The van der Waals surface area contributed by atoms with Gasteiger partial charge in [-0.1, -0.05) is 24.3 Å². The van der Waals surface area contributed by atoms with Crippen LogP contribution in [-0.4, -0.2) is 36.8 Å². The highest BCUT2D eigenvalue weighted by atomic mass is 16.5. The fraction of sp³-hybridized carbons (Fsp3) is 0.185. The lowest BCUT2D eigenvalue weighted by Crippen LogP contribution is -2.31. The second-order valence-corrected chi connectivity index (χ2v) is 8.13. The smallest absolute Gasteiger partial charge is 0.255 e. The van der Waals surface area contributed by atoms with Gasteiger partial charge in [-0.2, -0.15) is 0 Å². The van der Waals surface area contributed by atoms with E-state index in [2.05, 4.69) is 10.6 Å². The molecule has 178 valence electrons. The number of carbonyl (C=O) groups excluding carboxylic acids is 1. The molecule has 4 aromatic rings. The molecule has 0 radical (unpaired) electrons. The molecular weight excluding hydrogens is 444 g/mol. The molecule has 1 atom stereocenters. The van der Waals surface area contributed by atoms with Gasteiger partial charge in [0.15, 0.2) is 11.5 Å². The van der Waals surface area contributed by atoms with Gasteiger partial charge >= 0.3 is 0 Å². The summed E-state index contributed by atoms with van der Waals surface area (Å²) >= 11 is 0. The van der Waals surface area contributed by atoms with Gasteiger partial charge < -0.3 is 24.8 Å². The molecule has 5 rings (SSSR count). The zero-order valence-electron chi connectivity index (χ0n) is 20.0. The number of imidazole rings is 1. The minimum atomic E-state index is -0.512. The normalized spacial score (nSPS) is 14.8. The van der Waals surface area contributed by atoms with Gasteiger partial charge in [0.2, 0.25) is 5.95 Å². The zero-order valence-corrected chi connectivity index (χ0v) is 20.0. The number of para-hydroxylation sites is 3. The van der Waals surface area contributed by atoms with Crippen LogP contribution in [0.4, 0.5) is 11.6 Å². The lowest BCUT2D eigenvalue weighted by molar-refractivity contribution is -0.113. The highest BCUT2D eigenvalue weighted by Crippen LogP contribution is 2.45. The van der Waals surface area contributed by atoms with Gasteiger partial charge in [-0.05, 0) is 49.4 Å². The van der Waals surface area contributed by atoms with Crippen LogP contribution >= 0.6 is 0 Å². The molecular formula is C27H26N4O4. The van der Waals surface area contributed by atoms with Gasteiger partial charge in [0.05, 0.1) is 44.0 Å². The molecule has 8 nitrogen and oxygen atoms in total. The van der Waals surface area contributed by atoms with Crippen LogP contribution in [0.1, 0.15) is 18.5 Å². The van der Waals surface area contributed by atoms with Crippen molar-refractivity contribution in [1.29, 1.82) is 0 Å². The molecule has 0 saturated carbocycles. The molecule has 1 aliphatic rings. The van der Waals surface area contributed by atoms with E-state index in [1.54, 1.807) is 33.5 Å². The largest absolute Gasteiger partial charge is 0.497 e. The molecule has 1 amide bonds. The van der Waals surface area contributed by atoms with Gasteiger partial charge in [0.25, 0.3) is 5.91 Å². The van der Waals surface area contributed by atoms with E-state index in [0.29, 0.717) is 40.2 Å². The number of hydrogen-bond acceptors (Lipinski definition) is 6. The van der Waals surface area contributed by atoms with Crippen LogP contribution in [0.2, 0.25) is 0 Å². The molecule has 0 fully saturated rings. The highest BCUT2D eigenvalue weighted by molar-refractivity contribution is 6.06. The Morgan fingerprint density at radius 3 is 2.43 bits per heavy atom. The number of anilines is 2. The van der Waals surface area contributed by atoms with Crippen molar-refractivity contribution in [2.24, 2.45) is 0 Å². The van der Waals surface area contributed by atoms with Crippen molar-refractivity contribution in [3.05, 3.63) is 83.6 Å². The van der Waals surface area contributed by atoms with Crippen LogP contribution in [0, 0.1) is 0 Å². The van der Waals surface area contributed by atoms with Crippen molar-refractivity contribution in [2.75, 3.05) is 32.0 Å². The van der Waals surface area contributed by atoms with Gasteiger partial charge in [-0.15, -0.1) is 0 Å². The number of ether oxygens (including phenoxy) is 3. The van der Waals surface area contributed by atoms with E-state index < -0.39 is 6.04 Å². The number of aromatic nitrogens is 2. The summed E-state index contributed by atoms with van der Waals surface area (Å²) in [6, 6.07) is 20.2. The van der Waals surface area contributed by atoms with Crippen LogP contribution in [-0.2, 0) is 4.79 Å². The summed E-state index contributed by atoms with van der Waals surface area (Å²) in [5, 5.41) is 6.36. The SMILES string of the molecule is COc1ccc(NC(=O)C2=C(C)Nc3nc4ccccc4n3[C@H]2c2cccc(OC)c2OC)cc1. The van der Waals surface area contributed by atoms with Gasteiger partial charge in [0.1, 0.15) is 5.75 Å². The second kappa shape index (κ2) is 9.06. The quantitative estimate of drug-likeness (QED) is 0.413. The number of carbonyl (C=O) groups is 1. The van der Waals surface area contributed by atoms with E-state index in [-0.39, 0.29) is 5.91 Å². The van der Waals surface area contributed by atoms with Crippen LogP contribution in [0.15, 0.2) is 78.0 Å². The third-order valence-electron chi connectivity index (χ3n) is 6.15. The van der Waals surface area contributed by atoms with E-state index in [0.717, 1.165) is 16.6 Å². The number of hydrogen-bond donors (Lipinski definition) is 2. The number of rotatable bonds is 6. The van der Waals surface area contributed by atoms with E-state index in [1.807, 2.05) is 66.1 Å². The maximum Gasteiger partial charge on any atom is 0.255 e. The topological polar surface area (TPSA) is 86.6 Å². The first-order chi connectivity index (χ1) is 17.0. The zero-order chi connectivity index (χ0) is 24.5. The third kappa shape index (κ3) is 3.82. The lowest BCUT2D eigenvalue weighted by Gasteiger charge is -2.31. The molecule has 1 aromatic heterocycles. The minimum Gasteiger partial charge on any atom is -0.497 e. The maximum absolute atomic E-state index is 13.8. The Morgan fingerprint density at radius 2 is 1.71 bits per heavy atom. The van der Waals surface area contributed by atoms with Gasteiger partial charge in [-0.3, -0.25) is 9.36 Å². The first-order valence-corrected chi connectivity index (χ1v) is 11.2. The van der Waals surface area contributed by atoms with E-state index in [1.165, 1.54) is 0 Å². The number of nitrogens with one attached hydrogen (secondary N) is 2. The summed E-state index contributed by atoms with van der Waals surface area (Å²) in [5.74, 6) is 2.28. The van der Waals surface area contributed by atoms with Crippen molar-refractivity contribution >= 4 is 28.6 Å². The van der Waals surface area contributed by atoms with Crippen molar-refractivity contribution in [2.45, 2.75) is 13.0 Å². The molecule has 3 aromatic carbocycles. The summed E-state index contributed by atoms with van der Waals surface area (Å²) in [4.78, 5) is 18.6. The average molecular weight is 471 g/mol. The van der Waals surface area contributed by atoms with E-state index in [9.17, 15) is 4.79 Å². The number of nitrogens with zero attached hydrogens (tertiary/aromatic N) is 2. The van der Waals surface area contributed by atoms with E-state index >= 15 is 0 Å². The standard InChI is InChI=1S/C27H26N4O4/c1-16-23(26(32)29-17-12-14-18(33-2)15-13-17)24(19-8-7-11-22(34-3)25(19)35-4)31-21-10-6-5-9-20(21)30-27(31)28-16/h5-15,24H,1-4H3,(H,28,30)(H,29,32)/t24-/m0/s1. The van der Waals surface area contributed by atoms with Crippen molar-refractivity contribution in [3.63, 3.8) is 0 Å². The Bertz CT molecular complexity index is 1440. The van der Waals surface area contributed by atoms with Crippen LogP contribution in [0.3, 0.4) is 0 Å². The van der Waals surface area contributed by atoms with Gasteiger partial charge in [0, 0.05) is 16.9 Å². The first-order valence-electron chi connectivity index (χ1n) is 11.2. The fourth-order valence-electron chi connectivity index (χ4n) is 4.55. The molecule has 2 heterocycles. The predicted molar refractivity (Wildman–Crippen MR) is 135 cm³/mol. The Hall–Kier alpha value is -4.46. The maximum atomic E-state index is 13.8. The molecule has 0 spiro atoms. The number of amides is 1.